The van der Waals surface area contributed by atoms with Crippen LogP contribution in [0.25, 0.3) is 27.8 Å². The third-order valence-electron chi connectivity index (χ3n) is 6.71. The average Bonchev–Trinajstić information content (AvgIpc) is 3.21. The van der Waals surface area contributed by atoms with Gasteiger partial charge in [0.2, 0.25) is 5.91 Å². The van der Waals surface area contributed by atoms with Gasteiger partial charge in [-0.2, -0.15) is 5.10 Å². The topological polar surface area (TPSA) is 84.1 Å². The number of carbonyl (C=O) groups is 1. The van der Waals surface area contributed by atoms with E-state index in [1.807, 2.05) is 29.2 Å². The van der Waals surface area contributed by atoms with Gasteiger partial charge in [-0.3, -0.25) is 4.79 Å². The molecule has 1 amide bonds. The highest BCUT2D eigenvalue weighted by molar-refractivity contribution is 5.83. The van der Waals surface area contributed by atoms with Gasteiger partial charge in [-0.15, -0.1) is 0 Å². The Morgan fingerprint density at radius 2 is 1.94 bits per heavy atom. The Kier molecular flexibility index (Phi) is 4.67. The van der Waals surface area contributed by atoms with Crippen LogP contribution in [0, 0.1) is 17.7 Å². The number of nitrogens with one attached hydrogen (secondary N) is 1. The lowest BCUT2D eigenvalue weighted by atomic mass is 10.0. The molecule has 1 aliphatic carbocycles. The Morgan fingerprint density at radius 3 is 2.76 bits per heavy atom. The number of aromatic nitrogens is 3. The summed E-state index contributed by atoms with van der Waals surface area (Å²) in [5.41, 5.74) is 2.04. The lowest BCUT2D eigenvalue weighted by molar-refractivity contribution is -0.131. The second-order valence-electron chi connectivity index (χ2n) is 9.04. The maximum Gasteiger partial charge on any atom is 0.348 e. The molecule has 4 aromatic rings. The van der Waals surface area contributed by atoms with Crippen LogP contribution in [-0.4, -0.2) is 38.7 Å². The zero-order valence-electron chi connectivity index (χ0n) is 18.0. The molecule has 1 N–H and O–H groups in total. The summed E-state index contributed by atoms with van der Waals surface area (Å²) in [4.78, 5) is 26.8. The van der Waals surface area contributed by atoms with Crippen molar-refractivity contribution in [2.24, 2.45) is 11.8 Å². The molecule has 0 spiro atoms. The van der Waals surface area contributed by atoms with Crippen molar-refractivity contribution in [1.82, 2.24) is 19.7 Å². The van der Waals surface area contributed by atoms with Gasteiger partial charge in [-0.05, 0) is 66.6 Å². The van der Waals surface area contributed by atoms with Crippen molar-refractivity contribution in [2.45, 2.75) is 25.7 Å². The van der Waals surface area contributed by atoms with E-state index in [0.29, 0.717) is 24.4 Å². The number of rotatable bonds is 5. The number of halogens is 1. The molecule has 1 aliphatic heterocycles. The lowest BCUT2D eigenvalue weighted by Gasteiger charge is -2.16. The fourth-order valence-electron chi connectivity index (χ4n) is 4.78. The second kappa shape index (κ2) is 7.72. The van der Waals surface area contributed by atoms with Crippen molar-refractivity contribution in [3.8, 4) is 16.8 Å². The molecule has 1 atom stereocenters. The zero-order chi connectivity index (χ0) is 22.5. The van der Waals surface area contributed by atoms with Gasteiger partial charge in [-0.25, -0.2) is 18.9 Å². The van der Waals surface area contributed by atoms with E-state index < -0.39 is 11.5 Å². The van der Waals surface area contributed by atoms with Gasteiger partial charge in [0.25, 0.3) is 0 Å². The zero-order valence-corrected chi connectivity index (χ0v) is 18.0. The molecule has 2 fully saturated rings. The molecule has 0 unspecified atom stereocenters. The van der Waals surface area contributed by atoms with Crippen molar-refractivity contribution in [1.29, 1.82) is 0 Å². The predicted octanol–water partition coefficient (Wildman–Crippen LogP) is 3.91. The SMILES string of the molecule is O=C(C1CC1)N1CC[C@@H](Cc2n[nH]c(=O)n2-c2ccc(-c3ccc4occc4c3)cc2F)C1. The number of hydrogen-bond acceptors (Lipinski definition) is 4. The Hall–Kier alpha value is -3.68. The molecule has 2 aromatic heterocycles. The van der Waals surface area contributed by atoms with Gasteiger partial charge in [0.15, 0.2) is 0 Å². The molecular weight excluding hydrogens is 423 g/mol. The van der Waals surface area contributed by atoms with Gasteiger partial charge >= 0.3 is 5.69 Å². The molecule has 1 saturated heterocycles. The van der Waals surface area contributed by atoms with E-state index in [0.717, 1.165) is 42.3 Å². The smallest absolute Gasteiger partial charge is 0.348 e. The van der Waals surface area contributed by atoms with Crippen molar-refractivity contribution < 1.29 is 13.6 Å². The van der Waals surface area contributed by atoms with Crippen molar-refractivity contribution in [2.75, 3.05) is 13.1 Å². The molecule has 2 aliphatic rings. The van der Waals surface area contributed by atoms with Crippen LogP contribution in [0.3, 0.4) is 0 Å². The van der Waals surface area contributed by atoms with Crippen molar-refractivity contribution in [3.63, 3.8) is 0 Å². The summed E-state index contributed by atoms with van der Waals surface area (Å²) in [6, 6.07) is 12.4. The molecular formula is C25H23FN4O3. The number of likely N-dealkylation sites (tertiary alicyclic amines) is 1. The van der Waals surface area contributed by atoms with Crippen LogP contribution in [0.5, 0.6) is 0 Å². The summed E-state index contributed by atoms with van der Waals surface area (Å²) in [5, 5.41) is 7.57. The van der Waals surface area contributed by atoms with E-state index in [9.17, 15) is 9.59 Å². The van der Waals surface area contributed by atoms with Crippen molar-refractivity contribution >= 4 is 16.9 Å². The maximum atomic E-state index is 15.2. The molecule has 6 rings (SSSR count). The summed E-state index contributed by atoms with van der Waals surface area (Å²) < 4.78 is 21.9. The molecule has 3 heterocycles. The van der Waals surface area contributed by atoms with Gasteiger partial charge in [-0.1, -0.05) is 12.1 Å². The maximum absolute atomic E-state index is 15.2. The van der Waals surface area contributed by atoms with Crippen LogP contribution >= 0.6 is 0 Å². The first-order chi connectivity index (χ1) is 16.1. The van der Waals surface area contributed by atoms with Gasteiger partial charge in [0, 0.05) is 30.8 Å². The molecule has 0 bridgehead atoms. The number of benzene rings is 2. The Labute approximate surface area is 188 Å². The third kappa shape index (κ3) is 3.65. The fraction of sp³-hybridized carbons (Fsp3) is 0.320. The Bertz CT molecular complexity index is 1410. The first-order valence-electron chi connectivity index (χ1n) is 11.3. The van der Waals surface area contributed by atoms with E-state index in [1.54, 1.807) is 18.4 Å². The van der Waals surface area contributed by atoms with E-state index in [-0.39, 0.29) is 23.4 Å². The fourth-order valence-corrected chi connectivity index (χ4v) is 4.78. The first-order valence-corrected chi connectivity index (χ1v) is 11.3. The minimum absolute atomic E-state index is 0.167. The molecule has 0 radical (unpaired) electrons. The van der Waals surface area contributed by atoms with Crippen molar-refractivity contribution in [3.05, 3.63) is 70.9 Å². The van der Waals surface area contributed by atoms with Crippen LogP contribution in [-0.2, 0) is 11.2 Å². The lowest BCUT2D eigenvalue weighted by Crippen LogP contribution is -2.30. The van der Waals surface area contributed by atoms with Crippen LogP contribution in [0.4, 0.5) is 4.39 Å². The number of fused-ring (bicyclic) bond motifs is 1. The summed E-state index contributed by atoms with van der Waals surface area (Å²) in [7, 11) is 0. The number of aromatic amines is 1. The van der Waals surface area contributed by atoms with Crippen LogP contribution in [0.1, 0.15) is 25.1 Å². The van der Waals surface area contributed by atoms with Gasteiger partial charge in [0.05, 0.1) is 12.0 Å². The van der Waals surface area contributed by atoms with E-state index in [4.69, 9.17) is 4.42 Å². The predicted molar refractivity (Wildman–Crippen MR) is 120 cm³/mol. The molecule has 33 heavy (non-hydrogen) atoms. The van der Waals surface area contributed by atoms with E-state index in [1.165, 1.54) is 10.6 Å². The summed E-state index contributed by atoms with van der Waals surface area (Å²) in [6.07, 6.45) is 4.97. The minimum atomic E-state index is -0.499. The first kappa shape index (κ1) is 20.0. The number of hydrogen-bond donors (Lipinski definition) is 1. The van der Waals surface area contributed by atoms with Crippen LogP contribution in [0.2, 0.25) is 0 Å². The number of carbonyl (C=O) groups excluding carboxylic acids is 1. The number of amides is 1. The molecule has 2 aromatic carbocycles. The number of furan rings is 1. The van der Waals surface area contributed by atoms with Gasteiger partial charge < -0.3 is 9.32 Å². The van der Waals surface area contributed by atoms with Gasteiger partial charge in [0.1, 0.15) is 17.2 Å². The highest BCUT2D eigenvalue weighted by Crippen LogP contribution is 2.33. The second-order valence-corrected chi connectivity index (χ2v) is 9.04. The normalized spacial score (nSPS) is 18.3. The standard InChI is InChI=1S/C25H23FN4O3/c26-20-13-18(17-4-6-22-19(12-17)8-10-33-22)3-5-21(20)30-23(27-28-25(30)32)11-15-7-9-29(14-15)24(31)16-1-2-16/h3-6,8,10,12-13,15-16H,1-2,7,9,11,14H2,(H,28,32)/t15-/m0/s1. The number of H-pyrrole nitrogens is 1. The Balaban J connectivity index is 1.26. The highest BCUT2D eigenvalue weighted by Gasteiger charge is 2.37. The van der Waals surface area contributed by atoms with E-state index >= 15 is 4.39 Å². The summed E-state index contributed by atoms with van der Waals surface area (Å²) in [6.45, 7) is 1.40. The number of nitrogens with zero attached hydrogens (tertiary/aromatic N) is 3. The Morgan fingerprint density at radius 1 is 1.12 bits per heavy atom. The highest BCUT2D eigenvalue weighted by atomic mass is 19.1. The van der Waals surface area contributed by atoms with Crippen LogP contribution < -0.4 is 5.69 Å². The molecule has 1 saturated carbocycles. The molecule has 168 valence electrons. The summed E-state index contributed by atoms with van der Waals surface area (Å²) in [5.74, 6) is 0.630. The average molecular weight is 446 g/mol. The quantitative estimate of drug-likeness (QED) is 0.504. The largest absolute Gasteiger partial charge is 0.464 e. The monoisotopic (exact) mass is 446 g/mol. The summed E-state index contributed by atoms with van der Waals surface area (Å²) >= 11 is 0. The van der Waals surface area contributed by atoms with Crippen LogP contribution in [0.15, 0.2) is 57.9 Å². The van der Waals surface area contributed by atoms with E-state index in [2.05, 4.69) is 10.2 Å². The third-order valence-corrected chi connectivity index (χ3v) is 6.71. The molecule has 8 heteroatoms. The molecule has 7 nitrogen and oxygen atoms in total. The minimum Gasteiger partial charge on any atom is -0.464 e.